The summed E-state index contributed by atoms with van der Waals surface area (Å²) >= 11 is 0. The second-order valence-corrected chi connectivity index (χ2v) is 2.82. The van der Waals surface area contributed by atoms with Crippen LogP contribution in [0.4, 0.5) is 13.2 Å². The maximum Gasteiger partial charge on any atom is 0.573 e. The summed E-state index contributed by atoms with van der Waals surface area (Å²) in [6.45, 7) is 0. The highest BCUT2D eigenvalue weighted by Gasteiger charge is 2.31. The zero-order valence-electron chi connectivity index (χ0n) is 7.99. The lowest BCUT2D eigenvalue weighted by Gasteiger charge is -2.10. The van der Waals surface area contributed by atoms with Gasteiger partial charge in [-0.15, -0.1) is 13.2 Å². The molecule has 0 spiro atoms. The number of para-hydroxylation sites is 1. The molecule has 0 bridgehead atoms. The number of carbonyl (C=O) groups excluding carboxylic acids is 1. The Kier molecular flexibility index (Phi) is 3.55. The van der Waals surface area contributed by atoms with Crippen LogP contribution in [0.3, 0.4) is 0 Å². The molecule has 0 aliphatic carbocycles. The molecule has 0 aliphatic rings. The van der Waals surface area contributed by atoms with E-state index >= 15 is 0 Å². The second-order valence-electron chi connectivity index (χ2n) is 2.82. The number of alkyl halides is 3. The van der Waals surface area contributed by atoms with Crippen molar-refractivity contribution in [3.63, 3.8) is 0 Å². The van der Waals surface area contributed by atoms with Gasteiger partial charge in [0.05, 0.1) is 0 Å². The summed E-state index contributed by atoms with van der Waals surface area (Å²) in [6.07, 6.45) is -2.65. The number of ether oxygens (including phenoxy) is 1. The SMILES string of the molecule is NC(=O)/C=C/c1ccccc1OC(F)(F)F. The van der Waals surface area contributed by atoms with Crippen LogP contribution in [0, 0.1) is 0 Å². The molecule has 0 saturated heterocycles. The van der Waals surface area contributed by atoms with E-state index in [1.165, 1.54) is 18.2 Å². The van der Waals surface area contributed by atoms with E-state index in [2.05, 4.69) is 4.74 Å². The average molecular weight is 231 g/mol. The third kappa shape index (κ3) is 4.04. The van der Waals surface area contributed by atoms with Gasteiger partial charge in [-0.1, -0.05) is 18.2 Å². The lowest BCUT2D eigenvalue weighted by molar-refractivity contribution is -0.274. The van der Waals surface area contributed by atoms with E-state index in [4.69, 9.17) is 5.73 Å². The fraction of sp³-hybridized carbons (Fsp3) is 0.100. The second kappa shape index (κ2) is 4.69. The van der Waals surface area contributed by atoms with Crippen LogP contribution in [-0.4, -0.2) is 12.3 Å². The highest BCUT2D eigenvalue weighted by Crippen LogP contribution is 2.26. The topological polar surface area (TPSA) is 52.3 Å². The molecule has 1 rings (SSSR count). The summed E-state index contributed by atoms with van der Waals surface area (Å²) in [5.74, 6) is -1.13. The number of nitrogens with two attached hydrogens (primary N) is 1. The molecule has 86 valence electrons. The molecule has 0 aromatic heterocycles. The minimum absolute atomic E-state index is 0.124. The molecule has 0 saturated carbocycles. The van der Waals surface area contributed by atoms with Crippen LogP contribution in [-0.2, 0) is 4.79 Å². The molecule has 0 fully saturated rings. The Hall–Kier alpha value is -1.98. The maximum atomic E-state index is 12.0. The quantitative estimate of drug-likeness (QED) is 0.809. The van der Waals surface area contributed by atoms with Gasteiger partial charge < -0.3 is 10.5 Å². The summed E-state index contributed by atoms with van der Waals surface area (Å²) in [5, 5.41) is 0. The summed E-state index contributed by atoms with van der Waals surface area (Å²) in [4.78, 5) is 10.4. The molecule has 16 heavy (non-hydrogen) atoms. The van der Waals surface area contributed by atoms with E-state index in [-0.39, 0.29) is 11.3 Å². The summed E-state index contributed by atoms with van der Waals surface area (Å²) in [6, 6.07) is 5.43. The molecule has 3 nitrogen and oxygen atoms in total. The summed E-state index contributed by atoms with van der Waals surface area (Å²) in [7, 11) is 0. The Labute approximate surface area is 89.3 Å². The zero-order chi connectivity index (χ0) is 12.2. The smallest absolute Gasteiger partial charge is 0.405 e. The molecule has 0 heterocycles. The van der Waals surface area contributed by atoms with Gasteiger partial charge in [-0.3, -0.25) is 4.79 Å². The molecule has 0 radical (unpaired) electrons. The predicted molar refractivity (Wildman–Crippen MR) is 51.4 cm³/mol. The normalized spacial score (nSPS) is 11.7. The number of carbonyl (C=O) groups is 1. The highest BCUT2D eigenvalue weighted by molar-refractivity contribution is 5.90. The minimum Gasteiger partial charge on any atom is -0.405 e. The van der Waals surface area contributed by atoms with Crippen LogP contribution in [0.2, 0.25) is 0 Å². The largest absolute Gasteiger partial charge is 0.573 e. The van der Waals surface area contributed by atoms with Gasteiger partial charge in [0, 0.05) is 11.6 Å². The molecule has 1 aromatic rings. The van der Waals surface area contributed by atoms with Gasteiger partial charge in [-0.2, -0.15) is 0 Å². The molecule has 0 aliphatic heterocycles. The van der Waals surface area contributed by atoms with Crippen molar-refractivity contribution in [3.8, 4) is 5.75 Å². The number of rotatable bonds is 3. The first kappa shape index (κ1) is 12.1. The monoisotopic (exact) mass is 231 g/mol. The van der Waals surface area contributed by atoms with E-state index in [1.54, 1.807) is 0 Å². The molecular weight excluding hydrogens is 223 g/mol. The van der Waals surface area contributed by atoms with Crippen molar-refractivity contribution >= 4 is 12.0 Å². The number of primary amides is 1. The van der Waals surface area contributed by atoms with E-state index in [0.717, 1.165) is 18.2 Å². The third-order valence-electron chi connectivity index (χ3n) is 1.57. The van der Waals surface area contributed by atoms with Crippen molar-refractivity contribution in [3.05, 3.63) is 35.9 Å². The Morgan fingerprint density at radius 3 is 2.50 bits per heavy atom. The number of amides is 1. The Morgan fingerprint density at radius 1 is 1.31 bits per heavy atom. The fourth-order valence-electron chi connectivity index (χ4n) is 1.01. The first-order chi connectivity index (χ1) is 7.38. The van der Waals surface area contributed by atoms with Crippen LogP contribution in [0.15, 0.2) is 30.3 Å². The van der Waals surface area contributed by atoms with Gasteiger partial charge in [0.1, 0.15) is 5.75 Å². The van der Waals surface area contributed by atoms with Gasteiger partial charge in [0.25, 0.3) is 0 Å². The molecular formula is C10H8F3NO2. The first-order valence-corrected chi connectivity index (χ1v) is 4.21. The van der Waals surface area contributed by atoms with Gasteiger partial charge in [0.2, 0.25) is 5.91 Å². The van der Waals surface area contributed by atoms with Crippen molar-refractivity contribution in [1.29, 1.82) is 0 Å². The fourth-order valence-corrected chi connectivity index (χ4v) is 1.01. The molecule has 0 unspecified atom stereocenters. The Balaban J connectivity index is 2.96. The van der Waals surface area contributed by atoms with Crippen LogP contribution in [0.5, 0.6) is 5.75 Å². The van der Waals surface area contributed by atoms with E-state index in [1.807, 2.05) is 0 Å². The van der Waals surface area contributed by atoms with Crippen molar-refractivity contribution in [2.24, 2.45) is 5.73 Å². The van der Waals surface area contributed by atoms with Crippen molar-refractivity contribution in [1.82, 2.24) is 0 Å². The van der Waals surface area contributed by atoms with Gasteiger partial charge in [0.15, 0.2) is 0 Å². The standard InChI is InChI=1S/C10H8F3NO2/c11-10(12,13)16-8-4-2-1-3-7(8)5-6-9(14)15/h1-6H,(H2,14,15)/b6-5+. The van der Waals surface area contributed by atoms with Gasteiger partial charge >= 0.3 is 6.36 Å². The zero-order valence-corrected chi connectivity index (χ0v) is 7.99. The molecule has 1 amide bonds. The Morgan fingerprint density at radius 2 is 1.94 bits per heavy atom. The average Bonchev–Trinajstić information content (AvgIpc) is 2.14. The summed E-state index contributed by atoms with van der Waals surface area (Å²) < 4.78 is 39.7. The van der Waals surface area contributed by atoms with E-state index < -0.39 is 12.3 Å². The predicted octanol–water partition coefficient (Wildman–Crippen LogP) is 2.08. The number of benzene rings is 1. The maximum absolute atomic E-state index is 12.0. The highest BCUT2D eigenvalue weighted by atomic mass is 19.4. The van der Waals surface area contributed by atoms with Crippen LogP contribution in [0.1, 0.15) is 5.56 Å². The summed E-state index contributed by atoms with van der Waals surface area (Å²) in [5.41, 5.74) is 4.95. The van der Waals surface area contributed by atoms with E-state index in [0.29, 0.717) is 0 Å². The van der Waals surface area contributed by atoms with Crippen LogP contribution in [0.25, 0.3) is 6.08 Å². The number of halogens is 3. The molecule has 1 aromatic carbocycles. The lowest BCUT2D eigenvalue weighted by atomic mass is 10.2. The van der Waals surface area contributed by atoms with Crippen molar-refractivity contribution in [2.75, 3.05) is 0 Å². The molecule has 2 N–H and O–H groups in total. The van der Waals surface area contributed by atoms with Crippen LogP contribution >= 0.6 is 0 Å². The number of hydrogen-bond acceptors (Lipinski definition) is 2. The minimum atomic E-state index is -4.77. The van der Waals surface area contributed by atoms with Crippen molar-refractivity contribution < 1.29 is 22.7 Å². The Bertz CT molecular complexity index is 413. The van der Waals surface area contributed by atoms with Crippen molar-refractivity contribution in [2.45, 2.75) is 6.36 Å². The molecule has 6 heteroatoms. The van der Waals surface area contributed by atoms with Crippen LogP contribution < -0.4 is 10.5 Å². The van der Waals surface area contributed by atoms with E-state index in [9.17, 15) is 18.0 Å². The van der Waals surface area contributed by atoms with Gasteiger partial charge in [-0.25, -0.2) is 0 Å². The molecule has 0 atom stereocenters. The lowest BCUT2D eigenvalue weighted by Crippen LogP contribution is -2.17. The third-order valence-corrected chi connectivity index (χ3v) is 1.57. The first-order valence-electron chi connectivity index (χ1n) is 4.21. The van der Waals surface area contributed by atoms with Gasteiger partial charge in [-0.05, 0) is 12.1 Å². The number of hydrogen-bond donors (Lipinski definition) is 1.